The molecule has 1 aromatic carbocycles. The van der Waals surface area contributed by atoms with Crippen molar-refractivity contribution < 1.29 is 9.18 Å². The second-order valence-corrected chi connectivity index (χ2v) is 8.35. The number of fused-ring (bicyclic) bond motifs is 1. The topological polar surface area (TPSA) is 106 Å². The summed E-state index contributed by atoms with van der Waals surface area (Å²) >= 11 is 0. The Bertz CT molecular complexity index is 1050. The van der Waals surface area contributed by atoms with Crippen LogP contribution in [0.3, 0.4) is 0 Å². The van der Waals surface area contributed by atoms with Gasteiger partial charge < -0.3 is 21.4 Å². The highest BCUT2D eigenvalue weighted by Gasteiger charge is 2.33. The summed E-state index contributed by atoms with van der Waals surface area (Å²) in [7, 11) is 0. The average molecular weight is 439 g/mol. The summed E-state index contributed by atoms with van der Waals surface area (Å²) in [6.07, 6.45) is 8.12. The van der Waals surface area contributed by atoms with Crippen LogP contribution in [0.2, 0.25) is 0 Å². The first-order valence-corrected chi connectivity index (χ1v) is 11.1. The van der Waals surface area contributed by atoms with Gasteiger partial charge in [0.2, 0.25) is 0 Å². The zero-order chi connectivity index (χ0) is 22.1. The van der Waals surface area contributed by atoms with Crippen LogP contribution >= 0.6 is 0 Å². The Hall–Kier alpha value is -3.40. The zero-order valence-electron chi connectivity index (χ0n) is 17.9. The summed E-state index contributed by atoms with van der Waals surface area (Å²) < 4.78 is 14.2. The molecule has 0 radical (unpaired) electrons. The van der Waals surface area contributed by atoms with E-state index < -0.39 is 0 Å². The minimum Gasteiger partial charge on any atom is -0.360 e. The second-order valence-electron chi connectivity index (χ2n) is 8.35. The molecule has 5 rings (SSSR count). The van der Waals surface area contributed by atoms with Gasteiger partial charge in [-0.05, 0) is 49.4 Å². The summed E-state index contributed by atoms with van der Waals surface area (Å²) in [6.45, 7) is 2.95. The van der Waals surface area contributed by atoms with Gasteiger partial charge in [-0.15, -0.1) is 5.53 Å². The van der Waals surface area contributed by atoms with Gasteiger partial charge in [0.05, 0.1) is 5.70 Å². The minimum absolute atomic E-state index is 0.0741. The molecule has 1 aliphatic carbocycles. The largest absolute Gasteiger partial charge is 0.360 e. The lowest BCUT2D eigenvalue weighted by Crippen LogP contribution is -2.35. The third-order valence-electron chi connectivity index (χ3n) is 6.21. The summed E-state index contributed by atoms with van der Waals surface area (Å²) in [5.74, 6) is 0.482. The van der Waals surface area contributed by atoms with Crippen LogP contribution < -0.4 is 26.9 Å². The fraction of sp³-hybridized carbons (Fsp3) is 0.409. The van der Waals surface area contributed by atoms with Crippen LogP contribution in [-0.4, -0.2) is 33.6 Å². The average Bonchev–Trinajstić information content (AvgIpc) is 3.56. The van der Waals surface area contributed by atoms with Crippen LogP contribution in [0.5, 0.6) is 0 Å². The molecule has 2 aliphatic heterocycles. The third kappa shape index (κ3) is 4.05. The Labute approximate surface area is 185 Å². The molecule has 168 valence electrons. The number of anilines is 2. The standard InChI is InChI=1S/C22H27FN8O/c1-2-31-11-17(29-30-31)15-7-13(8-16(23)9-15)10-24-22(32)19-18-21(26-12-25-19)28-20(27-18)14-5-3-4-6-14/h7-9,11-12,14,20,27,29-30H,2-6,10H2,1H3,(H,24,32)(H,25,26,28). The van der Waals surface area contributed by atoms with Gasteiger partial charge in [-0.3, -0.25) is 9.80 Å². The molecule has 9 nitrogen and oxygen atoms in total. The number of rotatable bonds is 6. The fourth-order valence-corrected chi connectivity index (χ4v) is 4.51. The number of carbonyl (C=O) groups excluding carboxylic acids is 1. The van der Waals surface area contributed by atoms with E-state index in [9.17, 15) is 9.18 Å². The number of benzene rings is 1. The normalized spacial score (nSPS) is 19.8. The first kappa shape index (κ1) is 20.5. The van der Waals surface area contributed by atoms with E-state index >= 15 is 0 Å². The molecule has 32 heavy (non-hydrogen) atoms. The van der Waals surface area contributed by atoms with Crippen molar-refractivity contribution in [2.45, 2.75) is 45.3 Å². The first-order chi connectivity index (χ1) is 15.6. The number of halogens is 1. The number of hydrogen-bond donors (Lipinski definition) is 5. The molecule has 10 heteroatoms. The van der Waals surface area contributed by atoms with E-state index in [1.165, 1.54) is 31.3 Å². The van der Waals surface area contributed by atoms with Crippen molar-refractivity contribution in [2.75, 3.05) is 17.2 Å². The van der Waals surface area contributed by atoms with E-state index in [-0.39, 0.29) is 24.4 Å². The Morgan fingerprint density at radius 2 is 2.06 bits per heavy atom. The number of nitrogens with one attached hydrogen (secondary N) is 5. The molecule has 1 unspecified atom stereocenters. The molecule has 0 bridgehead atoms. The molecule has 5 N–H and O–H groups in total. The summed E-state index contributed by atoms with van der Waals surface area (Å²) in [5.41, 5.74) is 9.06. The number of hydrogen-bond acceptors (Lipinski definition) is 8. The van der Waals surface area contributed by atoms with Gasteiger partial charge in [0.25, 0.3) is 5.91 Å². The Kier molecular flexibility index (Phi) is 5.52. The molecular formula is C22H27FN8O. The van der Waals surface area contributed by atoms with Gasteiger partial charge in [-0.1, -0.05) is 12.8 Å². The smallest absolute Gasteiger partial charge is 0.272 e. The van der Waals surface area contributed by atoms with Crippen LogP contribution in [-0.2, 0) is 6.54 Å². The van der Waals surface area contributed by atoms with Gasteiger partial charge in [0.1, 0.15) is 24.0 Å². The summed E-state index contributed by atoms with van der Waals surface area (Å²) in [5, 5.41) is 11.5. The summed E-state index contributed by atoms with van der Waals surface area (Å²) in [4.78, 5) is 21.4. The number of aromatic nitrogens is 2. The third-order valence-corrected chi connectivity index (χ3v) is 6.21. The summed E-state index contributed by atoms with van der Waals surface area (Å²) in [6, 6.07) is 4.73. The molecule has 0 spiro atoms. The van der Waals surface area contributed by atoms with Crippen molar-refractivity contribution in [1.29, 1.82) is 0 Å². The number of amides is 1. The van der Waals surface area contributed by atoms with Gasteiger partial charge in [-0.25, -0.2) is 14.4 Å². The molecule has 1 amide bonds. The molecule has 1 saturated carbocycles. The molecule has 0 saturated heterocycles. The predicted octanol–water partition coefficient (Wildman–Crippen LogP) is 2.54. The monoisotopic (exact) mass is 438 g/mol. The lowest BCUT2D eigenvalue weighted by atomic mass is 10.1. The van der Waals surface area contributed by atoms with Gasteiger partial charge >= 0.3 is 0 Å². The lowest BCUT2D eigenvalue weighted by Gasteiger charge is -2.19. The molecule has 1 aromatic heterocycles. The van der Waals surface area contributed by atoms with E-state index in [0.717, 1.165) is 25.1 Å². The van der Waals surface area contributed by atoms with Gasteiger partial charge in [-0.2, -0.15) is 0 Å². The van der Waals surface area contributed by atoms with Gasteiger partial charge in [0, 0.05) is 24.9 Å². The van der Waals surface area contributed by atoms with E-state index in [2.05, 4.69) is 36.9 Å². The van der Waals surface area contributed by atoms with E-state index in [1.54, 1.807) is 0 Å². The Morgan fingerprint density at radius 1 is 1.22 bits per heavy atom. The molecule has 2 aromatic rings. The van der Waals surface area contributed by atoms with Gasteiger partial charge in [0.15, 0.2) is 11.5 Å². The molecule has 3 heterocycles. The first-order valence-electron chi connectivity index (χ1n) is 11.1. The minimum atomic E-state index is -0.363. The second kappa shape index (κ2) is 8.62. The highest BCUT2D eigenvalue weighted by atomic mass is 19.1. The fourth-order valence-electron chi connectivity index (χ4n) is 4.51. The van der Waals surface area contributed by atoms with E-state index in [4.69, 9.17) is 0 Å². The molecule has 1 fully saturated rings. The zero-order valence-corrected chi connectivity index (χ0v) is 17.9. The molecule has 1 atom stereocenters. The Morgan fingerprint density at radius 3 is 2.84 bits per heavy atom. The maximum Gasteiger partial charge on any atom is 0.272 e. The van der Waals surface area contributed by atoms with Crippen LogP contribution in [0.4, 0.5) is 15.9 Å². The Balaban J connectivity index is 1.28. The SMILES string of the molecule is CCN1C=C(c2cc(F)cc(CNC(=O)c3ncnc4c3NC(C3CCCC3)N4)c2)NN1. The quantitative estimate of drug-likeness (QED) is 0.469. The van der Waals surface area contributed by atoms with Crippen LogP contribution in [0.1, 0.15) is 54.2 Å². The van der Waals surface area contributed by atoms with Crippen molar-refractivity contribution in [1.82, 2.24) is 31.3 Å². The van der Waals surface area contributed by atoms with Crippen molar-refractivity contribution in [2.24, 2.45) is 5.92 Å². The van der Waals surface area contributed by atoms with Crippen molar-refractivity contribution in [3.63, 3.8) is 0 Å². The van der Waals surface area contributed by atoms with Crippen LogP contribution in [0.25, 0.3) is 5.70 Å². The highest BCUT2D eigenvalue weighted by Crippen LogP contribution is 2.36. The maximum absolute atomic E-state index is 14.2. The lowest BCUT2D eigenvalue weighted by molar-refractivity contribution is 0.0946. The van der Waals surface area contributed by atoms with Crippen molar-refractivity contribution in [3.05, 3.63) is 53.4 Å². The van der Waals surface area contributed by atoms with Crippen LogP contribution in [0, 0.1) is 11.7 Å². The van der Waals surface area contributed by atoms with Crippen molar-refractivity contribution >= 4 is 23.1 Å². The predicted molar refractivity (Wildman–Crippen MR) is 119 cm³/mol. The maximum atomic E-state index is 14.2. The van der Waals surface area contributed by atoms with Crippen LogP contribution in [0.15, 0.2) is 30.7 Å². The van der Waals surface area contributed by atoms with Crippen molar-refractivity contribution in [3.8, 4) is 0 Å². The number of nitrogens with zero attached hydrogens (tertiary/aromatic N) is 3. The molecular weight excluding hydrogens is 411 g/mol. The van der Waals surface area contributed by atoms with E-state index in [1.807, 2.05) is 24.2 Å². The van der Waals surface area contributed by atoms with E-state index in [0.29, 0.717) is 34.2 Å². The number of carbonyl (C=O) groups is 1. The number of hydrazine groups is 2. The highest BCUT2D eigenvalue weighted by molar-refractivity contribution is 6.00. The molecule has 3 aliphatic rings.